The topological polar surface area (TPSA) is 123 Å². The number of aryl methyl sites for hydroxylation is 1. The van der Waals surface area contributed by atoms with E-state index in [1.165, 1.54) is 32.1 Å². The summed E-state index contributed by atoms with van der Waals surface area (Å²) in [6, 6.07) is 2.22. The van der Waals surface area contributed by atoms with Gasteiger partial charge >= 0.3 is 18.1 Å². The maximum Gasteiger partial charge on any atom is 0.459 e. The van der Waals surface area contributed by atoms with E-state index in [0.717, 1.165) is 16.9 Å². The first-order valence-electron chi connectivity index (χ1n) is 8.89. The van der Waals surface area contributed by atoms with Crippen LogP contribution in [0.15, 0.2) is 23.1 Å². The number of imidazole rings is 1. The minimum Gasteiger partial charge on any atom is -0.331 e. The van der Waals surface area contributed by atoms with Gasteiger partial charge < -0.3 is 9.47 Å². The molecule has 3 heterocycles. The predicted octanol–water partition coefficient (Wildman–Crippen LogP) is 2.58. The molecule has 0 radical (unpaired) electrons. The number of fused-ring (bicyclic) bond motifs is 1. The maximum atomic E-state index is 13.7. The number of rotatable bonds is 4. The second kappa shape index (κ2) is 7.86. The lowest BCUT2D eigenvalue weighted by molar-refractivity contribution is -0.291. The summed E-state index contributed by atoms with van der Waals surface area (Å²) in [5.74, 6) is -5.55. The lowest BCUT2D eigenvalue weighted by atomic mass is 10.2. The zero-order chi connectivity index (χ0) is 24.9. The molecule has 0 fully saturated rings. The highest BCUT2D eigenvalue weighted by Gasteiger charge is 2.60. The summed E-state index contributed by atoms with van der Waals surface area (Å²) in [7, 11) is 0.343. The fourth-order valence-corrected chi connectivity index (χ4v) is 3.50. The van der Waals surface area contributed by atoms with Crippen LogP contribution in [0.4, 0.5) is 32.6 Å². The van der Waals surface area contributed by atoms with Crippen LogP contribution in [-0.2, 0) is 22.8 Å². The first-order valence-corrected chi connectivity index (χ1v) is 10.8. The van der Waals surface area contributed by atoms with Gasteiger partial charge in [-0.05, 0) is 18.2 Å². The molecule has 0 saturated heterocycles. The predicted molar refractivity (Wildman–Crippen MR) is 105 cm³/mol. The molecule has 0 saturated carbocycles. The Bertz CT molecular complexity index is 1350. The van der Waals surface area contributed by atoms with Crippen LogP contribution in [0.3, 0.4) is 0 Å². The molecule has 2 amide bonds. The van der Waals surface area contributed by atoms with Crippen molar-refractivity contribution >= 4 is 32.9 Å². The maximum absolute atomic E-state index is 13.7. The average Bonchev–Trinajstić information content (AvgIpc) is 3.02. The molecule has 0 aliphatic heterocycles. The molecule has 1 N–H and O–H groups in total. The Kier molecular flexibility index (Phi) is 5.77. The summed E-state index contributed by atoms with van der Waals surface area (Å²) in [5, 5.41) is 8.81. The highest BCUT2D eigenvalue weighted by Crippen LogP contribution is 2.43. The van der Waals surface area contributed by atoms with Crippen molar-refractivity contribution < 1.29 is 35.2 Å². The third kappa shape index (κ3) is 4.42. The molecule has 0 aliphatic rings. The molecule has 16 heteroatoms. The quantitative estimate of drug-likeness (QED) is 0.554. The Balaban J connectivity index is 2.22. The Morgan fingerprint density at radius 2 is 1.73 bits per heavy atom. The first kappa shape index (κ1) is 24.2. The average molecular weight is 493 g/mol. The Morgan fingerprint density at radius 3 is 2.27 bits per heavy atom. The molecule has 0 aromatic carbocycles. The van der Waals surface area contributed by atoms with Gasteiger partial charge in [0.15, 0.2) is 21.3 Å². The molecule has 10 nitrogen and oxygen atoms in total. The second-order valence-corrected chi connectivity index (χ2v) is 9.13. The number of nitrogens with zero attached hydrogens (tertiary/aromatic N) is 6. The van der Waals surface area contributed by atoms with Crippen molar-refractivity contribution in [2.75, 3.05) is 25.7 Å². The van der Waals surface area contributed by atoms with Crippen LogP contribution in [0.2, 0.25) is 0 Å². The molecule has 33 heavy (non-hydrogen) atoms. The number of pyridine rings is 1. The fourth-order valence-electron chi connectivity index (χ4n) is 2.69. The van der Waals surface area contributed by atoms with Crippen LogP contribution in [-0.4, -0.2) is 70.6 Å². The summed E-state index contributed by atoms with van der Waals surface area (Å²) in [4.78, 5) is 20.9. The number of carbonyl (C=O) groups excluding carboxylic acids is 1. The highest BCUT2D eigenvalue weighted by molar-refractivity contribution is 7.90. The molecule has 178 valence electrons. The van der Waals surface area contributed by atoms with E-state index in [2.05, 4.69) is 25.5 Å². The molecule has 3 rings (SSSR count). The van der Waals surface area contributed by atoms with E-state index in [1.54, 1.807) is 0 Å². The molecule has 0 bridgehead atoms. The molecule has 3 aromatic heterocycles. The summed E-state index contributed by atoms with van der Waals surface area (Å²) in [6.45, 7) is 0. The van der Waals surface area contributed by atoms with Gasteiger partial charge in [-0.15, -0.1) is 10.2 Å². The number of amides is 2. The molecule has 3 aromatic rings. The van der Waals surface area contributed by atoms with Crippen LogP contribution in [0.1, 0.15) is 5.69 Å². The van der Waals surface area contributed by atoms with Crippen LogP contribution < -0.4 is 5.32 Å². The molecular weight excluding hydrogens is 477 g/mol. The van der Waals surface area contributed by atoms with E-state index in [1.807, 2.05) is 0 Å². The van der Waals surface area contributed by atoms with Crippen molar-refractivity contribution in [2.24, 2.45) is 7.05 Å². The number of carbonyl (C=O) groups is 1. The van der Waals surface area contributed by atoms with Crippen LogP contribution in [0.5, 0.6) is 0 Å². The molecule has 0 unspecified atom stereocenters. The summed E-state index contributed by atoms with van der Waals surface area (Å²) in [6.07, 6.45) is -5.02. The monoisotopic (exact) mass is 493 g/mol. The summed E-state index contributed by atoms with van der Waals surface area (Å²) >= 11 is 0. The van der Waals surface area contributed by atoms with E-state index in [9.17, 15) is 35.2 Å². The van der Waals surface area contributed by atoms with Gasteiger partial charge in [-0.1, -0.05) is 0 Å². The third-order valence-corrected chi connectivity index (χ3v) is 5.53. The van der Waals surface area contributed by atoms with Crippen LogP contribution in [0, 0.1) is 0 Å². The smallest absolute Gasteiger partial charge is 0.331 e. The first-order chi connectivity index (χ1) is 15.0. The molecule has 0 aliphatic carbocycles. The van der Waals surface area contributed by atoms with Crippen molar-refractivity contribution in [2.45, 2.75) is 17.0 Å². The second-order valence-electron chi connectivity index (χ2n) is 7.14. The van der Waals surface area contributed by atoms with Gasteiger partial charge in [0.1, 0.15) is 22.7 Å². The number of sulfone groups is 1. The Morgan fingerprint density at radius 1 is 1.09 bits per heavy atom. The van der Waals surface area contributed by atoms with E-state index in [4.69, 9.17) is 0 Å². The number of alkyl halides is 5. The largest absolute Gasteiger partial charge is 0.459 e. The zero-order valence-electron chi connectivity index (χ0n) is 17.4. The number of hydrogen-bond acceptors (Lipinski definition) is 7. The number of aromatic nitrogens is 5. The number of urea groups is 1. The van der Waals surface area contributed by atoms with Gasteiger partial charge in [0.25, 0.3) is 0 Å². The minimum atomic E-state index is -5.91. The highest BCUT2D eigenvalue weighted by atomic mass is 32.2. The van der Waals surface area contributed by atoms with Gasteiger partial charge in [-0.25, -0.2) is 23.2 Å². The third-order valence-electron chi connectivity index (χ3n) is 4.41. The number of nitrogens with one attached hydrogen (secondary N) is 1. The van der Waals surface area contributed by atoms with Gasteiger partial charge in [-0.3, -0.25) is 5.32 Å². The summed E-state index contributed by atoms with van der Waals surface area (Å²) < 4.78 is 91.1. The SMILES string of the molecule is CN(C)C(=O)Nc1ccc(S(C)(=O)=O)c(-c2nc3cc(C(F)(F)C(F)(F)F)nnc3n2C)n1. The number of anilines is 1. The van der Waals surface area contributed by atoms with Crippen LogP contribution in [0.25, 0.3) is 22.7 Å². The van der Waals surface area contributed by atoms with Crippen molar-refractivity contribution in [3.05, 3.63) is 23.9 Å². The van der Waals surface area contributed by atoms with Crippen molar-refractivity contribution in [3.63, 3.8) is 0 Å². The van der Waals surface area contributed by atoms with Gasteiger partial charge in [0.2, 0.25) is 0 Å². The zero-order valence-corrected chi connectivity index (χ0v) is 18.3. The standard InChI is InChI=1S/C17H16F5N7O3S/c1-28(2)15(30)25-11-6-5-9(33(4,31)32)12(24-11)14-23-8-7-10(16(18,19)17(20,21)22)26-27-13(8)29(14)3/h5-7H,1-4H3,(H,24,25,30). The van der Waals surface area contributed by atoms with E-state index in [-0.39, 0.29) is 27.9 Å². The van der Waals surface area contributed by atoms with E-state index >= 15 is 0 Å². The Hall–Kier alpha value is -3.43. The Labute approximate surface area is 183 Å². The summed E-state index contributed by atoms with van der Waals surface area (Å²) in [5.41, 5.74) is -2.55. The molecular formula is C17H16F5N7O3S. The lowest BCUT2D eigenvalue weighted by Gasteiger charge is -2.17. The molecule has 0 atom stereocenters. The van der Waals surface area contributed by atoms with E-state index in [0.29, 0.717) is 6.07 Å². The number of hydrogen-bond donors (Lipinski definition) is 1. The minimum absolute atomic E-state index is 0.0569. The van der Waals surface area contributed by atoms with Crippen molar-refractivity contribution in [3.8, 4) is 11.5 Å². The molecule has 0 spiro atoms. The van der Waals surface area contributed by atoms with Gasteiger partial charge in [0.05, 0.1) is 4.90 Å². The normalized spacial score (nSPS) is 12.8. The van der Waals surface area contributed by atoms with Gasteiger partial charge in [0, 0.05) is 27.4 Å². The lowest BCUT2D eigenvalue weighted by Crippen LogP contribution is -2.34. The fraction of sp³-hybridized carbons (Fsp3) is 0.353. The number of halogens is 5. The van der Waals surface area contributed by atoms with E-state index < -0.39 is 39.2 Å². The van der Waals surface area contributed by atoms with Crippen LogP contribution >= 0.6 is 0 Å². The van der Waals surface area contributed by atoms with Gasteiger partial charge in [-0.2, -0.15) is 22.0 Å². The van der Waals surface area contributed by atoms with Crippen molar-refractivity contribution in [1.29, 1.82) is 0 Å². The van der Waals surface area contributed by atoms with Crippen molar-refractivity contribution in [1.82, 2.24) is 29.6 Å².